The Morgan fingerprint density at radius 3 is 2.65 bits per heavy atom. The third-order valence-electron chi connectivity index (χ3n) is 2.98. The molecular weight excluding hydrogens is 256 g/mol. The second kappa shape index (κ2) is 4.35. The van der Waals surface area contributed by atoms with E-state index in [2.05, 4.69) is 10.0 Å². The maximum atomic E-state index is 12.3. The maximum Gasteiger partial charge on any atom is 0.242 e. The zero-order chi connectivity index (χ0) is 12.7. The van der Waals surface area contributed by atoms with Crippen LogP contribution in [-0.4, -0.2) is 21.0 Å². The van der Waals surface area contributed by atoms with Gasteiger partial charge in [-0.2, -0.15) is 0 Å². The molecule has 0 amide bonds. The van der Waals surface area contributed by atoms with Gasteiger partial charge in [0.15, 0.2) is 0 Å². The lowest BCUT2D eigenvalue weighted by Gasteiger charge is -2.13. The molecule has 1 aliphatic rings. The van der Waals surface area contributed by atoms with E-state index in [0.717, 1.165) is 23.3 Å². The molecule has 1 saturated carbocycles. The Bertz CT molecular complexity index is 516. The van der Waals surface area contributed by atoms with Crippen LogP contribution < -0.4 is 10.0 Å². The largest absolute Gasteiger partial charge is 0.315 e. The summed E-state index contributed by atoms with van der Waals surface area (Å²) in [5.41, 5.74) is 0.612. The zero-order valence-electron chi connectivity index (χ0n) is 10.3. The molecule has 0 radical (unpaired) electrons. The topological polar surface area (TPSA) is 58.2 Å². The summed E-state index contributed by atoms with van der Waals surface area (Å²) < 4.78 is 27.5. The number of hydrogen-bond acceptors (Lipinski definition) is 4. The molecule has 1 fully saturated rings. The second-order valence-corrected chi connectivity index (χ2v) is 7.45. The van der Waals surface area contributed by atoms with Gasteiger partial charge in [-0.05, 0) is 44.7 Å². The van der Waals surface area contributed by atoms with E-state index in [1.54, 1.807) is 0 Å². The highest BCUT2D eigenvalue weighted by atomic mass is 32.2. The van der Waals surface area contributed by atoms with Crippen molar-refractivity contribution in [2.24, 2.45) is 0 Å². The molecule has 0 atom stereocenters. The molecule has 1 aromatic rings. The Kier molecular flexibility index (Phi) is 3.33. The first kappa shape index (κ1) is 13.0. The zero-order valence-corrected chi connectivity index (χ0v) is 12.0. The molecule has 2 rings (SSSR count). The van der Waals surface area contributed by atoms with Crippen LogP contribution in [0.15, 0.2) is 10.3 Å². The molecule has 0 bridgehead atoms. The second-order valence-electron chi connectivity index (χ2n) is 4.87. The van der Waals surface area contributed by atoms with Gasteiger partial charge in [-0.15, -0.1) is 11.3 Å². The van der Waals surface area contributed by atoms with Crippen molar-refractivity contribution in [3.05, 3.63) is 15.8 Å². The van der Waals surface area contributed by atoms with E-state index >= 15 is 0 Å². The molecule has 0 saturated heterocycles. The van der Waals surface area contributed by atoms with Gasteiger partial charge in [-0.3, -0.25) is 0 Å². The van der Waals surface area contributed by atoms with Gasteiger partial charge in [0.25, 0.3) is 0 Å². The first-order valence-corrected chi connectivity index (χ1v) is 8.00. The van der Waals surface area contributed by atoms with Crippen LogP contribution in [0.25, 0.3) is 0 Å². The van der Waals surface area contributed by atoms with E-state index in [9.17, 15) is 8.42 Å². The van der Waals surface area contributed by atoms with Crippen LogP contribution >= 0.6 is 11.3 Å². The van der Waals surface area contributed by atoms with E-state index in [0.29, 0.717) is 11.4 Å². The Labute approximate surface area is 106 Å². The smallest absolute Gasteiger partial charge is 0.242 e. The minimum Gasteiger partial charge on any atom is -0.315 e. The third-order valence-corrected chi connectivity index (χ3v) is 6.08. The Balaban J connectivity index is 2.34. The highest BCUT2D eigenvalue weighted by Gasteiger charge is 2.42. The van der Waals surface area contributed by atoms with Gasteiger partial charge < -0.3 is 5.32 Å². The van der Waals surface area contributed by atoms with Crippen LogP contribution in [0.5, 0.6) is 0 Å². The fraction of sp³-hybridized carbons (Fsp3) is 0.636. The maximum absolute atomic E-state index is 12.3. The van der Waals surface area contributed by atoms with E-state index < -0.39 is 10.0 Å². The summed E-state index contributed by atoms with van der Waals surface area (Å²) in [7, 11) is -1.55. The van der Waals surface area contributed by atoms with Crippen molar-refractivity contribution in [3.8, 4) is 0 Å². The van der Waals surface area contributed by atoms with Crippen molar-refractivity contribution in [2.75, 3.05) is 7.05 Å². The molecule has 1 aromatic heterocycles. The predicted octanol–water partition coefficient (Wildman–Crippen LogP) is 1.61. The number of aryl methyl sites for hydroxylation is 1. The number of hydrogen-bond donors (Lipinski definition) is 2. The lowest BCUT2D eigenvalue weighted by atomic mass is 10.3. The van der Waals surface area contributed by atoms with Crippen molar-refractivity contribution >= 4 is 21.4 Å². The monoisotopic (exact) mass is 274 g/mol. The molecule has 17 heavy (non-hydrogen) atoms. The number of rotatable bonds is 5. The number of thiophene rings is 1. The summed E-state index contributed by atoms with van der Waals surface area (Å²) >= 11 is 1.49. The van der Waals surface area contributed by atoms with Crippen LogP contribution in [0.3, 0.4) is 0 Å². The van der Waals surface area contributed by atoms with Gasteiger partial charge in [-0.25, -0.2) is 13.1 Å². The molecule has 96 valence electrons. The summed E-state index contributed by atoms with van der Waals surface area (Å²) in [6.45, 7) is 4.38. The molecule has 1 heterocycles. The van der Waals surface area contributed by atoms with E-state index in [4.69, 9.17) is 0 Å². The number of nitrogens with one attached hydrogen (secondary N) is 2. The normalized spacial score (nSPS) is 18.3. The summed E-state index contributed by atoms with van der Waals surface area (Å²) in [5, 5.41) is 4.91. The van der Waals surface area contributed by atoms with Crippen LogP contribution in [0.2, 0.25) is 0 Å². The Morgan fingerprint density at radius 1 is 1.47 bits per heavy atom. The summed E-state index contributed by atoms with van der Waals surface area (Å²) in [4.78, 5) is 1.34. The van der Waals surface area contributed by atoms with Crippen molar-refractivity contribution in [3.63, 3.8) is 0 Å². The lowest BCUT2D eigenvalue weighted by Crippen LogP contribution is -2.35. The van der Waals surface area contributed by atoms with Crippen molar-refractivity contribution in [1.82, 2.24) is 10.0 Å². The van der Waals surface area contributed by atoms with E-state index in [1.807, 2.05) is 26.3 Å². The summed E-state index contributed by atoms with van der Waals surface area (Å²) in [6.07, 6.45) is 1.85. The van der Waals surface area contributed by atoms with Crippen LogP contribution in [-0.2, 0) is 16.6 Å². The van der Waals surface area contributed by atoms with E-state index in [1.165, 1.54) is 11.3 Å². The average Bonchev–Trinajstić information content (AvgIpc) is 2.77. The molecule has 0 aromatic carbocycles. The van der Waals surface area contributed by atoms with Crippen LogP contribution in [0.4, 0.5) is 0 Å². The molecule has 0 unspecified atom stereocenters. The first-order chi connectivity index (χ1) is 7.88. The van der Waals surface area contributed by atoms with Crippen molar-refractivity contribution in [2.45, 2.75) is 43.7 Å². The fourth-order valence-electron chi connectivity index (χ4n) is 1.80. The van der Waals surface area contributed by atoms with Crippen LogP contribution in [0.1, 0.15) is 30.2 Å². The molecule has 1 aliphatic carbocycles. The Morgan fingerprint density at radius 2 is 2.12 bits per heavy atom. The molecule has 0 spiro atoms. The summed E-state index contributed by atoms with van der Waals surface area (Å²) in [5.74, 6) is 0. The summed E-state index contributed by atoms with van der Waals surface area (Å²) in [6, 6.07) is 0. The van der Waals surface area contributed by atoms with Gasteiger partial charge in [0.05, 0.1) is 0 Å². The third kappa shape index (κ3) is 2.70. The standard InChI is InChI=1S/C11H18N2O2S2/c1-8-7-16-9(6-12-3)10(8)17(14,15)13-11(2)4-5-11/h7,12-13H,4-6H2,1-3H3. The fourth-order valence-corrected chi connectivity index (χ4v) is 5.09. The van der Waals surface area contributed by atoms with E-state index in [-0.39, 0.29) is 5.54 Å². The molecular formula is C11H18N2O2S2. The van der Waals surface area contributed by atoms with Gasteiger partial charge in [0.2, 0.25) is 10.0 Å². The van der Waals surface area contributed by atoms with Crippen molar-refractivity contribution in [1.29, 1.82) is 0 Å². The Hall–Kier alpha value is -0.430. The molecule has 0 aliphatic heterocycles. The molecule has 2 N–H and O–H groups in total. The van der Waals surface area contributed by atoms with Crippen LogP contribution in [0, 0.1) is 6.92 Å². The highest BCUT2D eigenvalue weighted by molar-refractivity contribution is 7.89. The minimum absolute atomic E-state index is 0.218. The van der Waals surface area contributed by atoms with Gasteiger partial charge >= 0.3 is 0 Å². The van der Waals surface area contributed by atoms with Gasteiger partial charge in [0.1, 0.15) is 4.90 Å². The number of sulfonamides is 1. The lowest BCUT2D eigenvalue weighted by molar-refractivity contribution is 0.556. The predicted molar refractivity (Wildman–Crippen MR) is 69.8 cm³/mol. The molecule has 6 heteroatoms. The SMILES string of the molecule is CNCc1scc(C)c1S(=O)(=O)NC1(C)CC1. The first-order valence-electron chi connectivity index (χ1n) is 5.63. The molecule has 4 nitrogen and oxygen atoms in total. The quantitative estimate of drug-likeness (QED) is 0.857. The van der Waals surface area contributed by atoms with Crippen molar-refractivity contribution < 1.29 is 8.42 Å². The minimum atomic E-state index is -3.38. The average molecular weight is 274 g/mol. The highest BCUT2D eigenvalue weighted by Crippen LogP contribution is 2.37. The van der Waals surface area contributed by atoms with Gasteiger partial charge in [-0.1, -0.05) is 0 Å². The van der Waals surface area contributed by atoms with Gasteiger partial charge in [0, 0.05) is 17.0 Å².